The molecule has 0 bridgehead atoms. The highest BCUT2D eigenvalue weighted by atomic mass is 14.9. The van der Waals surface area contributed by atoms with Gasteiger partial charge in [0.15, 0.2) is 0 Å². The summed E-state index contributed by atoms with van der Waals surface area (Å²) in [6.07, 6.45) is 3.77. The summed E-state index contributed by atoms with van der Waals surface area (Å²) in [6.45, 7) is 11.3. The van der Waals surface area contributed by atoms with Gasteiger partial charge in [0.1, 0.15) is 0 Å². The van der Waals surface area contributed by atoms with E-state index in [1.807, 2.05) is 12.4 Å². The van der Waals surface area contributed by atoms with Gasteiger partial charge in [-0.05, 0) is 47.4 Å². The quantitative estimate of drug-likeness (QED) is 0.848. The first-order chi connectivity index (χ1) is 9.58. The summed E-state index contributed by atoms with van der Waals surface area (Å²) in [5.74, 6) is 2.19. The SMILES string of the molecule is CC(C)C(CNCc1ccc2cnccc2c1)C(C)C. The molecule has 1 aromatic heterocycles. The molecule has 0 aliphatic carbocycles. The van der Waals surface area contributed by atoms with Gasteiger partial charge in [-0.1, -0.05) is 39.8 Å². The Kier molecular flexibility index (Phi) is 5.13. The zero-order chi connectivity index (χ0) is 14.5. The van der Waals surface area contributed by atoms with Gasteiger partial charge in [0, 0.05) is 24.3 Å². The smallest absolute Gasteiger partial charge is 0.0346 e. The van der Waals surface area contributed by atoms with Crippen molar-refractivity contribution >= 4 is 10.8 Å². The molecule has 1 N–H and O–H groups in total. The van der Waals surface area contributed by atoms with Gasteiger partial charge >= 0.3 is 0 Å². The van der Waals surface area contributed by atoms with Crippen LogP contribution in [0.4, 0.5) is 0 Å². The van der Waals surface area contributed by atoms with Crippen LogP contribution in [-0.2, 0) is 6.54 Å². The third-order valence-electron chi connectivity index (χ3n) is 4.13. The molecular formula is C18H26N2. The summed E-state index contributed by atoms with van der Waals surface area (Å²) < 4.78 is 0. The molecule has 0 radical (unpaired) electrons. The van der Waals surface area contributed by atoms with Crippen molar-refractivity contribution in [2.24, 2.45) is 17.8 Å². The first-order valence-corrected chi connectivity index (χ1v) is 7.61. The van der Waals surface area contributed by atoms with Gasteiger partial charge in [0.25, 0.3) is 0 Å². The average molecular weight is 270 g/mol. The Labute approximate surface area is 122 Å². The van der Waals surface area contributed by atoms with E-state index in [2.05, 4.69) is 62.3 Å². The Morgan fingerprint density at radius 3 is 2.45 bits per heavy atom. The number of aromatic nitrogens is 1. The van der Waals surface area contributed by atoms with E-state index in [0.29, 0.717) is 0 Å². The van der Waals surface area contributed by atoms with Crippen molar-refractivity contribution in [2.75, 3.05) is 6.54 Å². The molecule has 2 nitrogen and oxygen atoms in total. The number of nitrogens with one attached hydrogen (secondary N) is 1. The molecule has 108 valence electrons. The maximum Gasteiger partial charge on any atom is 0.0346 e. The van der Waals surface area contributed by atoms with E-state index in [-0.39, 0.29) is 0 Å². The molecule has 0 fully saturated rings. The molecule has 2 heteroatoms. The Hall–Kier alpha value is -1.41. The third-order valence-corrected chi connectivity index (χ3v) is 4.13. The molecule has 20 heavy (non-hydrogen) atoms. The second-order valence-corrected chi connectivity index (χ2v) is 6.34. The summed E-state index contributed by atoms with van der Waals surface area (Å²) in [5.41, 5.74) is 1.34. The van der Waals surface area contributed by atoms with E-state index in [1.54, 1.807) is 0 Å². The number of pyridine rings is 1. The highest BCUT2D eigenvalue weighted by Gasteiger charge is 2.16. The van der Waals surface area contributed by atoms with Crippen molar-refractivity contribution in [3.05, 3.63) is 42.2 Å². The first-order valence-electron chi connectivity index (χ1n) is 7.61. The van der Waals surface area contributed by atoms with Crippen molar-refractivity contribution < 1.29 is 0 Å². The monoisotopic (exact) mass is 270 g/mol. The third kappa shape index (κ3) is 3.80. The lowest BCUT2D eigenvalue weighted by atomic mass is 9.85. The van der Waals surface area contributed by atoms with E-state index >= 15 is 0 Å². The van der Waals surface area contributed by atoms with Crippen LogP contribution in [0.15, 0.2) is 36.7 Å². The molecular weight excluding hydrogens is 244 g/mol. The average Bonchev–Trinajstić information content (AvgIpc) is 2.42. The minimum atomic E-state index is 0.727. The van der Waals surface area contributed by atoms with Crippen LogP contribution in [0.3, 0.4) is 0 Å². The number of rotatable bonds is 6. The zero-order valence-electron chi connectivity index (χ0n) is 13.1. The molecule has 1 aromatic carbocycles. The lowest BCUT2D eigenvalue weighted by Gasteiger charge is -2.25. The Balaban J connectivity index is 1.95. The van der Waals surface area contributed by atoms with Crippen LogP contribution >= 0.6 is 0 Å². The molecule has 0 aliphatic heterocycles. The topological polar surface area (TPSA) is 24.9 Å². The van der Waals surface area contributed by atoms with E-state index in [4.69, 9.17) is 0 Å². The van der Waals surface area contributed by atoms with Crippen LogP contribution in [0.5, 0.6) is 0 Å². The normalized spacial score (nSPS) is 11.9. The van der Waals surface area contributed by atoms with Gasteiger partial charge in [-0.15, -0.1) is 0 Å². The zero-order valence-corrected chi connectivity index (χ0v) is 13.1. The largest absolute Gasteiger partial charge is 0.312 e. The molecule has 0 amide bonds. The maximum atomic E-state index is 4.15. The van der Waals surface area contributed by atoms with Crippen molar-refractivity contribution in [3.8, 4) is 0 Å². The van der Waals surface area contributed by atoms with Crippen LogP contribution in [0.25, 0.3) is 10.8 Å². The highest BCUT2D eigenvalue weighted by Crippen LogP contribution is 2.20. The van der Waals surface area contributed by atoms with E-state index in [0.717, 1.165) is 30.8 Å². The Bertz CT molecular complexity index is 538. The molecule has 0 spiro atoms. The molecule has 0 atom stereocenters. The fourth-order valence-corrected chi connectivity index (χ4v) is 2.87. The fourth-order valence-electron chi connectivity index (χ4n) is 2.87. The molecule has 0 unspecified atom stereocenters. The molecule has 1 heterocycles. The minimum Gasteiger partial charge on any atom is -0.312 e. The van der Waals surface area contributed by atoms with E-state index in [9.17, 15) is 0 Å². The second kappa shape index (κ2) is 6.85. The summed E-state index contributed by atoms with van der Waals surface area (Å²) in [6, 6.07) is 8.67. The van der Waals surface area contributed by atoms with Crippen molar-refractivity contribution in [1.82, 2.24) is 10.3 Å². The number of hydrogen-bond donors (Lipinski definition) is 1. The number of fused-ring (bicyclic) bond motifs is 1. The van der Waals surface area contributed by atoms with Crippen LogP contribution in [-0.4, -0.2) is 11.5 Å². The van der Waals surface area contributed by atoms with Crippen LogP contribution in [0.1, 0.15) is 33.3 Å². The van der Waals surface area contributed by atoms with Crippen molar-refractivity contribution in [2.45, 2.75) is 34.2 Å². The summed E-state index contributed by atoms with van der Waals surface area (Å²) >= 11 is 0. The van der Waals surface area contributed by atoms with Crippen LogP contribution in [0.2, 0.25) is 0 Å². The maximum absolute atomic E-state index is 4.15. The lowest BCUT2D eigenvalue weighted by Crippen LogP contribution is -2.29. The highest BCUT2D eigenvalue weighted by molar-refractivity contribution is 5.81. The van der Waals surface area contributed by atoms with Crippen molar-refractivity contribution in [3.63, 3.8) is 0 Å². The lowest BCUT2D eigenvalue weighted by molar-refractivity contribution is 0.275. The summed E-state index contributed by atoms with van der Waals surface area (Å²) in [5, 5.41) is 6.09. The molecule has 2 aromatic rings. The minimum absolute atomic E-state index is 0.727. The van der Waals surface area contributed by atoms with Crippen LogP contribution < -0.4 is 5.32 Å². The van der Waals surface area contributed by atoms with Gasteiger partial charge < -0.3 is 5.32 Å². The fraction of sp³-hybridized carbons (Fsp3) is 0.500. The summed E-state index contributed by atoms with van der Waals surface area (Å²) in [7, 11) is 0. The molecule has 0 aliphatic rings. The number of hydrogen-bond acceptors (Lipinski definition) is 2. The van der Waals surface area contributed by atoms with E-state index in [1.165, 1.54) is 16.3 Å². The second-order valence-electron chi connectivity index (χ2n) is 6.34. The van der Waals surface area contributed by atoms with E-state index < -0.39 is 0 Å². The van der Waals surface area contributed by atoms with Gasteiger partial charge in [0.05, 0.1) is 0 Å². The summed E-state index contributed by atoms with van der Waals surface area (Å²) in [4.78, 5) is 4.15. The molecule has 0 saturated heterocycles. The first kappa shape index (κ1) is 15.0. The Morgan fingerprint density at radius 1 is 1.00 bits per heavy atom. The van der Waals surface area contributed by atoms with Crippen LogP contribution in [0, 0.1) is 17.8 Å². The predicted molar refractivity (Wildman–Crippen MR) is 86.6 cm³/mol. The standard InChI is InChI=1S/C18H26N2/c1-13(2)18(14(3)4)12-20-10-15-5-6-17-11-19-8-7-16(17)9-15/h5-9,11,13-14,18,20H,10,12H2,1-4H3. The van der Waals surface area contributed by atoms with Gasteiger partial charge in [-0.3, -0.25) is 4.98 Å². The van der Waals surface area contributed by atoms with Gasteiger partial charge in [-0.2, -0.15) is 0 Å². The van der Waals surface area contributed by atoms with Gasteiger partial charge in [0.2, 0.25) is 0 Å². The Morgan fingerprint density at radius 2 is 1.75 bits per heavy atom. The molecule has 0 saturated carbocycles. The predicted octanol–water partition coefficient (Wildman–Crippen LogP) is 4.25. The van der Waals surface area contributed by atoms with Crippen molar-refractivity contribution in [1.29, 1.82) is 0 Å². The number of benzene rings is 1. The number of nitrogens with zero attached hydrogens (tertiary/aromatic N) is 1. The molecule has 2 rings (SSSR count). The van der Waals surface area contributed by atoms with Gasteiger partial charge in [-0.25, -0.2) is 0 Å².